The number of aromatic nitrogens is 1. The molecule has 8 heteroatoms. The van der Waals surface area contributed by atoms with Crippen molar-refractivity contribution in [3.8, 4) is 5.75 Å². The third kappa shape index (κ3) is 6.89. The predicted molar refractivity (Wildman–Crippen MR) is 147 cm³/mol. The van der Waals surface area contributed by atoms with E-state index in [1.807, 2.05) is 66.9 Å². The molecule has 0 saturated carbocycles. The summed E-state index contributed by atoms with van der Waals surface area (Å²) in [6.07, 6.45) is 4.06. The molecule has 1 heterocycles. The molecule has 7 nitrogen and oxygen atoms in total. The Balaban J connectivity index is 1.53. The number of H-pyrrole nitrogens is 1. The Morgan fingerprint density at radius 3 is 2.24 bits per heavy atom. The summed E-state index contributed by atoms with van der Waals surface area (Å²) in [5.74, 6) is -0.0514. The zero-order valence-corrected chi connectivity index (χ0v) is 21.4. The van der Waals surface area contributed by atoms with Gasteiger partial charge in [0.25, 0.3) is 5.91 Å². The molecule has 0 aliphatic heterocycles. The summed E-state index contributed by atoms with van der Waals surface area (Å²) < 4.78 is 10.8. The van der Waals surface area contributed by atoms with Crippen molar-refractivity contribution in [2.75, 3.05) is 13.4 Å². The van der Waals surface area contributed by atoms with Gasteiger partial charge in [0.2, 0.25) is 0 Å². The average Bonchev–Trinajstić information content (AvgIpc) is 3.34. The van der Waals surface area contributed by atoms with Crippen LogP contribution in [0.4, 0.5) is 5.69 Å². The first-order valence-corrected chi connectivity index (χ1v) is 12.8. The van der Waals surface area contributed by atoms with Crippen molar-refractivity contribution < 1.29 is 19.1 Å². The van der Waals surface area contributed by atoms with Gasteiger partial charge in [-0.3, -0.25) is 4.79 Å². The Morgan fingerprint density at radius 1 is 0.919 bits per heavy atom. The molecule has 2 N–H and O–H groups in total. The summed E-state index contributed by atoms with van der Waals surface area (Å²) >= 11 is 1.28. The fraction of sp³-hybridized carbons (Fsp3) is 0.138. The number of methoxy groups -OCH3 is 1. The van der Waals surface area contributed by atoms with E-state index in [-0.39, 0.29) is 11.6 Å². The summed E-state index contributed by atoms with van der Waals surface area (Å²) in [6, 6.07) is 26.7. The van der Waals surface area contributed by atoms with Crippen LogP contribution in [-0.2, 0) is 17.8 Å². The largest absolute Gasteiger partial charge is 0.489 e. The van der Waals surface area contributed by atoms with Gasteiger partial charge in [0.1, 0.15) is 18.0 Å². The molecule has 0 atom stereocenters. The number of carbonyl (C=O) groups excluding carboxylic acids is 2. The molecule has 0 fully saturated rings. The van der Waals surface area contributed by atoms with Crippen LogP contribution in [0, 0.1) is 0 Å². The van der Waals surface area contributed by atoms with Crippen LogP contribution in [0.25, 0.3) is 0 Å². The number of aliphatic imine (C=N–C) groups is 1. The molecule has 188 valence electrons. The second kappa shape index (κ2) is 12.6. The maximum atomic E-state index is 12.7. The van der Waals surface area contributed by atoms with E-state index in [2.05, 4.69) is 15.3 Å². The van der Waals surface area contributed by atoms with E-state index in [0.29, 0.717) is 29.4 Å². The van der Waals surface area contributed by atoms with Gasteiger partial charge < -0.3 is 19.8 Å². The Morgan fingerprint density at radius 2 is 1.59 bits per heavy atom. The minimum atomic E-state index is -0.538. The molecule has 0 bridgehead atoms. The van der Waals surface area contributed by atoms with E-state index in [0.717, 1.165) is 22.4 Å². The van der Waals surface area contributed by atoms with Crippen LogP contribution in [0.5, 0.6) is 5.75 Å². The van der Waals surface area contributed by atoms with Crippen LogP contribution >= 0.6 is 11.8 Å². The van der Waals surface area contributed by atoms with Gasteiger partial charge in [-0.15, -0.1) is 0 Å². The highest BCUT2D eigenvalue weighted by Gasteiger charge is 2.20. The number of hydrogen-bond donors (Lipinski definition) is 2. The number of benzene rings is 3. The first-order valence-electron chi connectivity index (χ1n) is 11.6. The van der Waals surface area contributed by atoms with Gasteiger partial charge in [-0.05, 0) is 41.6 Å². The highest BCUT2D eigenvalue weighted by atomic mass is 32.2. The highest BCUT2D eigenvalue weighted by Crippen LogP contribution is 2.29. The minimum Gasteiger partial charge on any atom is -0.489 e. The molecule has 0 spiro atoms. The lowest BCUT2D eigenvalue weighted by Crippen LogP contribution is -2.28. The number of thioether (sulfide) groups is 1. The van der Waals surface area contributed by atoms with Gasteiger partial charge in [0.15, 0.2) is 10.9 Å². The molecule has 0 saturated heterocycles. The molecule has 3 aromatic carbocycles. The maximum absolute atomic E-state index is 12.7. The van der Waals surface area contributed by atoms with E-state index in [4.69, 9.17) is 9.47 Å². The SMILES string of the molecule is COC(=O)c1[nH]cc(Cc2ccc(OCc3ccccc3)cc2)c1N=C(NC(=O)c1ccccc1)SC. The summed E-state index contributed by atoms with van der Waals surface area (Å²) in [5, 5.41) is 3.19. The minimum absolute atomic E-state index is 0.223. The number of carbonyl (C=O) groups is 2. The van der Waals surface area contributed by atoms with Crippen LogP contribution in [-0.4, -0.2) is 35.4 Å². The lowest BCUT2D eigenvalue weighted by molar-refractivity contribution is 0.0595. The number of rotatable bonds is 8. The maximum Gasteiger partial charge on any atom is 0.356 e. The summed E-state index contributed by atoms with van der Waals surface area (Å²) in [4.78, 5) is 32.7. The molecule has 1 aromatic heterocycles. The third-order valence-corrected chi connectivity index (χ3v) is 6.13. The quantitative estimate of drug-likeness (QED) is 0.178. The van der Waals surface area contributed by atoms with E-state index < -0.39 is 5.97 Å². The van der Waals surface area contributed by atoms with Gasteiger partial charge in [-0.25, -0.2) is 9.79 Å². The van der Waals surface area contributed by atoms with Crippen molar-refractivity contribution in [1.82, 2.24) is 10.3 Å². The number of amidine groups is 1. The molecular weight excluding hydrogens is 486 g/mol. The molecule has 4 aromatic rings. The fourth-order valence-corrected chi connectivity index (χ4v) is 4.00. The van der Waals surface area contributed by atoms with Gasteiger partial charge in [0, 0.05) is 23.7 Å². The molecule has 0 radical (unpaired) electrons. The van der Waals surface area contributed by atoms with Crippen LogP contribution in [0.2, 0.25) is 0 Å². The lowest BCUT2D eigenvalue weighted by Gasteiger charge is -2.09. The second-order valence-corrected chi connectivity index (χ2v) is 8.86. The third-order valence-electron chi connectivity index (χ3n) is 5.55. The lowest BCUT2D eigenvalue weighted by atomic mass is 10.1. The smallest absolute Gasteiger partial charge is 0.356 e. The molecular formula is C29H27N3O4S. The van der Waals surface area contributed by atoms with Crippen molar-refractivity contribution in [3.05, 3.63) is 119 Å². The fourth-order valence-electron chi connectivity index (χ4n) is 3.63. The topological polar surface area (TPSA) is 92.8 Å². The molecule has 0 unspecified atom stereocenters. The van der Waals surface area contributed by atoms with Crippen molar-refractivity contribution in [3.63, 3.8) is 0 Å². The summed E-state index contributed by atoms with van der Waals surface area (Å²) in [5.41, 5.74) is 4.06. The van der Waals surface area contributed by atoms with Crippen LogP contribution in [0.15, 0.2) is 96.1 Å². The van der Waals surface area contributed by atoms with Crippen LogP contribution < -0.4 is 10.1 Å². The first kappa shape index (κ1) is 25.8. The normalized spacial score (nSPS) is 11.1. The van der Waals surface area contributed by atoms with Crippen LogP contribution in [0.1, 0.15) is 37.5 Å². The van der Waals surface area contributed by atoms with Gasteiger partial charge in [-0.1, -0.05) is 72.4 Å². The van der Waals surface area contributed by atoms with Crippen molar-refractivity contribution in [1.29, 1.82) is 0 Å². The molecule has 0 aliphatic rings. The number of nitrogens with one attached hydrogen (secondary N) is 2. The van der Waals surface area contributed by atoms with Crippen molar-refractivity contribution in [2.24, 2.45) is 4.99 Å². The van der Waals surface area contributed by atoms with Gasteiger partial charge in [-0.2, -0.15) is 0 Å². The van der Waals surface area contributed by atoms with Gasteiger partial charge >= 0.3 is 5.97 Å². The Kier molecular flexibility index (Phi) is 8.78. The monoisotopic (exact) mass is 513 g/mol. The Labute approximate surface area is 219 Å². The zero-order chi connectivity index (χ0) is 26.0. The molecule has 37 heavy (non-hydrogen) atoms. The average molecular weight is 514 g/mol. The number of esters is 1. The number of ether oxygens (including phenoxy) is 2. The standard InChI is InChI=1S/C29H27N3O4S/c1-35-28(34)26-25(31-29(37-2)32-27(33)22-11-7-4-8-12-22)23(18-30-26)17-20-13-15-24(16-14-20)36-19-21-9-5-3-6-10-21/h3-16,18,30H,17,19H2,1-2H3,(H,31,32,33). The number of hydrogen-bond acceptors (Lipinski definition) is 6. The van der Waals surface area contributed by atoms with Crippen LogP contribution in [0.3, 0.4) is 0 Å². The second-order valence-electron chi connectivity index (χ2n) is 8.07. The molecule has 1 amide bonds. The predicted octanol–water partition coefficient (Wildman–Crippen LogP) is 5.75. The summed E-state index contributed by atoms with van der Waals surface area (Å²) in [7, 11) is 1.32. The Hall–Kier alpha value is -4.30. The Bertz CT molecular complexity index is 1370. The highest BCUT2D eigenvalue weighted by molar-refractivity contribution is 8.13. The van der Waals surface area contributed by atoms with E-state index >= 15 is 0 Å². The van der Waals surface area contributed by atoms with E-state index in [1.165, 1.54) is 18.9 Å². The number of aromatic amines is 1. The van der Waals surface area contributed by atoms with Crippen molar-refractivity contribution in [2.45, 2.75) is 13.0 Å². The molecule has 0 aliphatic carbocycles. The van der Waals surface area contributed by atoms with E-state index in [9.17, 15) is 9.59 Å². The summed E-state index contributed by atoms with van der Waals surface area (Å²) in [6.45, 7) is 0.492. The number of amides is 1. The first-order chi connectivity index (χ1) is 18.1. The molecule has 4 rings (SSSR count). The van der Waals surface area contributed by atoms with Gasteiger partial charge in [0.05, 0.1) is 7.11 Å². The van der Waals surface area contributed by atoms with E-state index in [1.54, 1.807) is 30.5 Å². The number of nitrogens with zero attached hydrogens (tertiary/aromatic N) is 1. The zero-order valence-electron chi connectivity index (χ0n) is 20.6. The van der Waals surface area contributed by atoms with Crippen molar-refractivity contribution >= 4 is 34.5 Å².